The molecule has 0 amide bonds. The SMILES string of the molecule is c1ccc(B2OCCN(CCOc3ccc4c(c3)-c3nc-4nc4[nH]c(nc5nc(nc6[nH]c(n3)c3ccc(OCCN7CCOB(c8ccccc8)OCC7)cc63)-c3ccc(OCCN6CCOB(c7ccccc7)OCC6)cc3-5)c3ccc(OCCN5CCOB(c6ccccc6)OCC5)cc43)CCO2)cc1. The Morgan fingerprint density at radius 3 is 0.806 bits per heavy atom. The van der Waals surface area contributed by atoms with E-state index in [1.807, 2.05) is 194 Å². The Morgan fingerprint density at radius 2 is 0.519 bits per heavy atom. The van der Waals surface area contributed by atoms with Crippen molar-refractivity contribution in [2.75, 3.05) is 158 Å². The summed E-state index contributed by atoms with van der Waals surface area (Å²) < 4.78 is 76.0. The van der Waals surface area contributed by atoms with Crippen LogP contribution in [0.1, 0.15) is 0 Å². The highest BCUT2D eigenvalue weighted by Crippen LogP contribution is 2.40. The summed E-state index contributed by atoms with van der Waals surface area (Å²) in [7, 11) is -1.58. The van der Waals surface area contributed by atoms with Crippen LogP contribution in [0.25, 0.3) is 89.7 Å². The largest absolute Gasteiger partial charge is 0.493 e. The van der Waals surface area contributed by atoms with Crippen molar-refractivity contribution in [3.63, 3.8) is 0 Å². The zero-order chi connectivity index (χ0) is 72.2. The van der Waals surface area contributed by atoms with E-state index in [0.29, 0.717) is 174 Å². The van der Waals surface area contributed by atoms with E-state index in [2.05, 4.69) is 29.6 Å². The van der Waals surface area contributed by atoms with Gasteiger partial charge in [-0.1, -0.05) is 121 Å². The highest BCUT2D eigenvalue weighted by atomic mass is 16.6. The van der Waals surface area contributed by atoms with Crippen LogP contribution in [-0.4, -0.2) is 246 Å². The summed E-state index contributed by atoms with van der Waals surface area (Å²) in [4.78, 5) is 48.8. The zero-order valence-corrected chi connectivity index (χ0v) is 60.1. The van der Waals surface area contributed by atoms with Crippen LogP contribution in [0.15, 0.2) is 194 Å². The van der Waals surface area contributed by atoms with Crippen LogP contribution in [0.3, 0.4) is 0 Å². The Morgan fingerprint density at radius 1 is 0.269 bits per heavy atom. The van der Waals surface area contributed by atoms with E-state index >= 15 is 0 Å². The van der Waals surface area contributed by atoms with Crippen molar-refractivity contribution in [3.8, 4) is 68.5 Å². The smallest absolute Gasteiger partial charge is 0.492 e. The molecule has 0 aliphatic carbocycles. The molecule has 4 fully saturated rings. The number of aromatic nitrogens is 8. The van der Waals surface area contributed by atoms with E-state index in [9.17, 15) is 0 Å². The van der Waals surface area contributed by atoms with Gasteiger partial charge in [-0.15, -0.1) is 0 Å². The van der Waals surface area contributed by atoms with Gasteiger partial charge in [0.2, 0.25) is 0 Å². The van der Waals surface area contributed by atoms with Gasteiger partial charge in [0, 0.05) is 175 Å². The number of benzene rings is 8. The van der Waals surface area contributed by atoms with Gasteiger partial charge in [-0.3, -0.25) is 19.6 Å². The first-order valence-corrected chi connectivity index (χ1v) is 37.4. The van der Waals surface area contributed by atoms with Crippen LogP contribution < -0.4 is 40.8 Å². The monoisotopic (exact) mass is 1450 g/mol. The summed E-state index contributed by atoms with van der Waals surface area (Å²) in [6, 6.07) is 64.2. The van der Waals surface area contributed by atoms with Gasteiger partial charge in [-0.25, -0.2) is 29.9 Å². The van der Waals surface area contributed by atoms with E-state index < -0.39 is 28.5 Å². The van der Waals surface area contributed by atoms with Gasteiger partial charge in [0.1, 0.15) is 72.0 Å². The molecule has 546 valence electrons. The molecule has 28 heteroatoms. The molecule has 6 aliphatic heterocycles. The van der Waals surface area contributed by atoms with E-state index in [0.717, 1.165) is 118 Å². The van der Waals surface area contributed by atoms with Crippen LogP contribution in [0.4, 0.5) is 0 Å². The van der Waals surface area contributed by atoms with Gasteiger partial charge >= 0.3 is 28.5 Å². The number of aromatic amines is 2. The molecular weight excluding hydrogens is 1360 g/mol. The van der Waals surface area contributed by atoms with Crippen LogP contribution in [0.5, 0.6) is 23.0 Å². The van der Waals surface area contributed by atoms with Crippen LogP contribution >= 0.6 is 0 Å². The van der Waals surface area contributed by atoms with Crippen molar-refractivity contribution in [2.45, 2.75) is 0 Å². The maximum absolute atomic E-state index is 6.61. The third-order valence-electron chi connectivity index (χ3n) is 20.1. The Bertz CT molecular complexity index is 4720. The number of hydrogen-bond donors (Lipinski definition) is 2. The van der Waals surface area contributed by atoms with E-state index in [1.165, 1.54) is 0 Å². The molecule has 108 heavy (non-hydrogen) atoms. The number of rotatable bonds is 20. The zero-order valence-electron chi connectivity index (χ0n) is 60.1. The molecule has 0 atom stereocenters. The highest BCUT2D eigenvalue weighted by molar-refractivity contribution is 6.62. The van der Waals surface area contributed by atoms with Crippen LogP contribution in [0, 0.1) is 0 Å². The number of fused-ring (bicyclic) bond motifs is 20. The van der Waals surface area contributed by atoms with E-state index in [1.54, 1.807) is 0 Å². The Kier molecular flexibility index (Phi) is 22.4. The predicted molar refractivity (Wildman–Crippen MR) is 419 cm³/mol. The van der Waals surface area contributed by atoms with Gasteiger partial charge in [0.15, 0.2) is 23.3 Å². The van der Waals surface area contributed by atoms with Gasteiger partial charge in [-0.2, -0.15) is 0 Å². The number of nitrogens with zero attached hydrogens (tertiary/aromatic N) is 10. The van der Waals surface area contributed by atoms with Gasteiger partial charge in [0.05, 0.1) is 0 Å². The topological polar surface area (TPSA) is 233 Å². The fourth-order valence-corrected chi connectivity index (χ4v) is 14.3. The minimum absolute atomic E-state index is 0.396. The van der Waals surface area contributed by atoms with Gasteiger partial charge < -0.3 is 66.2 Å². The second-order valence-electron chi connectivity index (χ2n) is 27.1. The quantitative estimate of drug-likeness (QED) is 0.0710. The summed E-state index contributed by atoms with van der Waals surface area (Å²) in [6.45, 7) is 14.3. The lowest BCUT2D eigenvalue weighted by Crippen LogP contribution is -2.45. The average molecular weight is 1450 g/mol. The number of hydrogen-bond acceptors (Lipinski definition) is 22. The molecule has 4 saturated heterocycles. The average Bonchev–Trinajstić information content (AvgIpc) is 1.60. The Balaban J connectivity index is 0.699. The van der Waals surface area contributed by atoms with E-state index in [4.69, 9.17) is 86.1 Å². The molecule has 3 aromatic heterocycles. The third kappa shape index (κ3) is 17.0. The fourth-order valence-electron chi connectivity index (χ4n) is 14.3. The summed E-state index contributed by atoms with van der Waals surface area (Å²) >= 11 is 0. The lowest BCUT2D eigenvalue weighted by molar-refractivity contribution is 0.105. The predicted octanol–water partition coefficient (Wildman–Crippen LogP) is 7.36. The van der Waals surface area contributed by atoms with Gasteiger partial charge in [-0.05, 0) is 94.6 Å². The number of nitrogens with one attached hydrogen (secondary N) is 2. The van der Waals surface area contributed by atoms with Gasteiger partial charge in [0.25, 0.3) is 0 Å². The lowest BCUT2D eigenvalue weighted by Gasteiger charge is -2.27. The first-order chi connectivity index (χ1) is 53.5. The summed E-state index contributed by atoms with van der Waals surface area (Å²) in [6.07, 6.45) is 0. The standard InChI is InChI=1S/C80H82B4N12O12/c1-5-13-57(14-6-1)81-101-45-33-93(34-46-102-81)29-41-97-61-21-25-65-69(53-61)77-85-73(65)90-78-71-55-63(99-43-31-95-37-49-105-83(106-50-38-95)59-17-9-3-10-18-59)23-27-67(71)75(87-78)92-80-72-56-64(100-44-32-96-39-51-107-84(108-52-40-96)60-19-11-4-12-20-60)24-28-68(72)76(88-80)91-79-70-54-62(22-26-66(70)74(86-79)89-77)98-42-30-94-35-47-103-82(104-48-36-94)58-15-7-2-8-16-58/h1-28,53-56H,29-52H2,(H2,85,86,87,88,89,90,91,92). The molecule has 8 aromatic carbocycles. The molecule has 17 rings (SSSR count). The molecule has 0 saturated carbocycles. The molecule has 11 aromatic rings. The van der Waals surface area contributed by atoms with Crippen molar-refractivity contribution < 1.29 is 56.2 Å². The van der Waals surface area contributed by atoms with Crippen molar-refractivity contribution in [1.29, 1.82) is 0 Å². The minimum Gasteiger partial charge on any atom is -0.492 e. The first-order valence-electron chi connectivity index (χ1n) is 37.4. The van der Waals surface area contributed by atoms with Crippen LogP contribution in [0.2, 0.25) is 0 Å². The van der Waals surface area contributed by atoms with Crippen LogP contribution in [-0.2, 0) is 37.2 Å². The number of ether oxygens (including phenoxy) is 4. The molecule has 8 bridgehead atoms. The molecule has 0 spiro atoms. The molecular formula is C80H82B4N12O12. The summed E-state index contributed by atoms with van der Waals surface area (Å²) in [5.41, 5.74) is 9.11. The highest BCUT2D eigenvalue weighted by Gasteiger charge is 2.30. The Labute approximate surface area is 627 Å². The second-order valence-corrected chi connectivity index (χ2v) is 27.1. The minimum atomic E-state index is -0.396. The summed E-state index contributed by atoms with van der Waals surface area (Å²) in [5, 5.41) is 3.11. The molecule has 24 nitrogen and oxygen atoms in total. The number of H-pyrrole nitrogens is 2. The van der Waals surface area contributed by atoms with E-state index in [-0.39, 0.29) is 0 Å². The first kappa shape index (κ1) is 71.0. The Hall–Kier alpha value is -9.90. The molecule has 2 N–H and O–H groups in total. The van der Waals surface area contributed by atoms with Crippen molar-refractivity contribution in [2.24, 2.45) is 0 Å². The second kappa shape index (κ2) is 34.1. The normalized spacial score (nSPS) is 16.8. The molecule has 0 radical (unpaired) electrons. The fraction of sp³-hybridized carbons (Fsp3) is 0.300. The summed E-state index contributed by atoms with van der Waals surface area (Å²) in [5.74, 6) is 4.36. The third-order valence-corrected chi connectivity index (χ3v) is 20.1. The lowest BCUT2D eigenvalue weighted by atomic mass is 9.79. The van der Waals surface area contributed by atoms with Crippen molar-refractivity contribution in [1.82, 2.24) is 59.5 Å². The molecule has 9 heterocycles. The molecule has 0 unspecified atom stereocenters. The maximum Gasteiger partial charge on any atom is 0.493 e. The van der Waals surface area contributed by atoms with Crippen molar-refractivity contribution >= 4 is 94.5 Å². The molecule has 6 aliphatic rings. The maximum atomic E-state index is 6.61. The van der Waals surface area contributed by atoms with Crippen molar-refractivity contribution in [3.05, 3.63) is 194 Å².